The van der Waals surface area contributed by atoms with Gasteiger partial charge in [-0.15, -0.1) is 0 Å². The normalized spacial score (nSPS) is 11.0. The number of aryl methyl sites for hydroxylation is 2. The SMILES string of the molecule is Cc1nn(-c2ccc(Br)cc2)c(C)c1C(=O)NCc1ccc(-n2ccnc2C)c(F)c1. The third kappa shape index (κ3) is 4.16. The second kappa shape index (κ2) is 8.47. The summed E-state index contributed by atoms with van der Waals surface area (Å²) in [6.07, 6.45) is 3.34. The first-order valence-electron chi connectivity index (χ1n) is 9.74. The first-order valence-corrected chi connectivity index (χ1v) is 10.5. The van der Waals surface area contributed by atoms with E-state index in [-0.39, 0.29) is 18.3 Å². The van der Waals surface area contributed by atoms with Crippen LogP contribution in [0.3, 0.4) is 0 Å². The number of nitrogens with zero attached hydrogens (tertiary/aromatic N) is 4. The van der Waals surface area contributed by atoms with Crippen molar-refractivity contribution in [2.45, 2.75) is 27.3 Å². The summed E-state index contributed by atoms with van der Waals surface area (Å²) in [5.74, 6) is 0.0882. The van der Waals surface area contributed by atoms with Gasteiger partial charge in [-0.3, -0.25) is 4.79 Å². The number of rotatable bonds is 5. The van der Waals surface area contributed by atoms with Crippen molar-refractivity contribution in [1.82, 2.24) is 24.6 Å². The third-order valence-corrected chi connectivity index (χ3v) is 5.67. The first kappa shape index (κ1) is 21.0. The molecule has 0 bridgehead atoms. The fourth-order valence-corrected chi connectivity index (χ4v) is 3.83. The van der Waals surface area contributed by atoms with Gasteiger partial charge < -0.3 is 9.88 Å². The van der Waals surface area contributed by atoms with Crippen molar-refractivity contribution >= 4 is 21.8 Å². The number of amides is 1. The molecule has 4 aromatic rings. The van der Waals surface area contributed by atoms with Crippen LogP contribution in [0, 0.1) is 26.6 Å². The Hall–Kier alpha value is -3.26. The van der Waals surface area contributed by atoms with Crippen LogP contribution in [0.1, 0.15) is 33.1 Å². The molecule has 0 spiro atoms. The minimum absolute atomic E-state index is 0.210. The highest BCUT2D eigenvalue weighted by molar-refractivity contribution is 9.10. The van der Waals surface area contributed by atoms with Gasteiger partial charge in [-0.05, 0) is 62.7 Å². The van der Waals surface area contributed by atoms with E-state index in [0.29, 0.717) is 28.3 Å². The maximum Gasteiger partial charge on any atom is 0.255 e. The second-order valence-electron chi connectivity index (χ2n) is 7.25. The predicted octanol–water partition coefficient (Wildman–Crippen LogP) is 4.81. The topological polar surface area (TPSA) is 64.7 Å². The van der Waals surface area contributed by atoms with Crippen LogP contribution in [0.25, 0.3) is 11.4 Å². The van der Waals surface area contributed by atoms with Crippen LogP contribution in [0.4, 0.5) is 4.39 Å². The molecule has 2 aromatic heterocycles. The van der Waals surface area contributed by atoms with Gasteiger partial charge in [-0.2, -0.15) is 5.10 Å². The molecule has 0 aliphatic heterocycles. The number of carbonyl (C=O) groups excluding carboxylic acids is 1. The van der Waals surface area contributed by atoms with E-state index < -0.39 is 0 Å². The van der Waals surface area contributed by atoms with Crippen molar-refractivity contribution in [2.75, 3.05) is 0 Å². The molecule has 4 rings (SSSR count). The lowest BCUT2D eigenvalue weighted by Crippen LogP contribution is -2.24. The van der Waals surface area contributed by atoms with Crippen molar-refractivity contribution in [3.8, 4) is 11.4 Å². The molecule has 2 aromatic carbocycles. The number of carbonyl (C=O) groups is 1. The van der Waals surface area contributed by atoms with Gasteiger partial charge in [0.15, 0.2) is 0 Å². The van der Waals surface area contributed by atoms with Gasteiger partial charge in [-0.25, -0.2) is 14.1 Å². The van der Waals surface area contributed by atoms with Crippen LogP contribution in [-0.4, -0.2) is 25.2 Å². The highest BCUT2D eigenvalue weighted by Crippen LogP contribution is 2.21. The van der Waals surface area contributed by atoms with E-state index in [0.717, 1.165) is 15.9 Å². The first-order chi connectivity index (χ1) is 14.8. The molecule has 8 heteroatoms. The summed E-state index contributed by atoms with van der Waals surface area (Å²) in [7, 11) is 0. The molecule has 0 saturated carbocycles. The monoisotopic (exact) mass is 481 g/mol. The quantitative estimate of drug-likeness (QED) is 0.444. The highest BCUT2D eigenvalue weighted by Gasteiger charge is 2.19. The number of benzene rings is 2. The molecular weight excluding hydrogens is 461 g/mol. The number of hydrogen-bond donors (Lipinski definition) is 1. The summed E-state index contributed by atoms with van der Waals surface area (Å²) in [5.41, 5.74) is 3.87. The van der Waals surface area contributed by atoms with Crippen molar-refractivity contribution in [2.24, 2.45) is 0 Å². The summed E-state index contributed by atoms with van der Waals surface area (Å²) < 4.78 is 19.0. The number of imidazole rings is 1. The Morgan fingerprint density at radius 2 is 1.87 bits per heavy atom. The van der Waals surface area contributed by atoms with E-state index in [2.05, 4.69) is 31.3 Å². The number of halogens is 2. The molecule has 1 amide bonds. The Bertz CT molecular complexity index is 1260. The van der Waals surface area contributed by atoms with Crippen LogP contribution in [-0.2, 0) is 6.54 Å². The van der Waals surface area contributed by atoms with Crippen LogP contribution in [0.2, 0.25) is 0 Å². The lowest BCUT2D eigenvalue weighted by atomic mass is 10.1. The number of aromatic nitrogens is 4. The molecule has 0 aliphatic carbocycles. The summed E-state index contributed by atoms with van der Waals surface area (Å²) in [5, 5.41) is 7.40. The molecule has 6 nitrogen and oxygen atoms in total. The predicted molar refractivity (Wildman–Crippen MR) is 120 cm³/mol. The average molecular weight is 482 g/mol. The van der Waals surface area contributed by atoms with E-state index in [9.17, 15) is 9.18 Å². The average Bonchev–Trinajstić information content (AvgIpc) is 3.29. The molecule has 2 heterocycles. The zero-order chi connectivity index (χ0) is 22.1. The minimum Gasteiger partial charge on any atom is -0.348 e. The van der Waals surface area contributed by atoms with Crippen molar-refractivity contribution in [1.29, 1.82) is 0 Å². The summed E-state index contributed by atoms with van der Waals surface area (Å²) in [6, 6.07) is 12.6. The molecule has 0 atom stereocenters. The molecule has 0 unspecified atom stereocenters. The standard InChI is InChI=1S/C23H21BrFN5O/c1-14-22(15(2)30(28-14)19-7-5-18(24)6-8-19)23(31)27-13-17-4-9-21(20(25)12-17)29-11-10-26-16(29)3/h4-12H,13H2,1-3H3,(H,27,31). The molecule has 158 valence electrons. The smallest absolute Gasteiger partial charge is 0.255 e. The molecule has 0 radical (unpaired) electrons. The van der Waals surface area contributed by atoms with Gasteiger partial charge >= 0.3 is 0 Å². The Labute approximate surface area is 187 Å². The van der Waals surface area contributed by atoms with Gasteiger partial charge in [-0.1, -0.05) is 22.0 Å². The number of hydrogen-bond acceptors (Lipinski definition) is 3. The van der Waals surface area contributed by atoms with Gasteiger partial charge in [0.05, 0.1) is 28.3 Å². The van der Waals surface area contributed by atoms with Gasteiger partial charge in [0.25, 0.3) is 5.91 Å². The zero-order valence-corrected chi connectivity index (χ0v) is 18.9. The van der Waals surface area contributed by atoms with Crippen LogP contribution >= 0.6 is 15.9 Å². The van der Waals surface area contributed by atoms with E-state index in [1.807, 2.05) is 38.1 Å². The fourth-order valence-electron chi connectivity index (χ4n) is 3.56. The fraction of sp³-hybridized carbons (Fsp3) is 0.174. The summed E-state index contributed by atoms with van der Waals surface area (Å²) in [4.78, 5) is 17.0. The highest BCUT2D eigenvalue weighted by atomic mass is 79.9. The maximum atomic E-state index is 14.6. The van der Waals surface area contributed by atoms with Gasteiger partial charge in [0.2, 0.25) is 0 Å². The number of nitrogens with one attached hydrogen (secondary N) is 1. The molecule has 0 aliphatic rings. The Morgan fingerprint density at radius 3 is 2.52 bits per heavy atom. The van der Waals surface area contributed by atoms with Gasteiger partial charge in [0, 0.05) is 23.4 Å². The largest absolute Gasteiger partial charge is 0.348 e. The second-order valence-corrected chi connectivity index (χ2v) is 8.16. The Balaban J connectivity index is 1.51. The van der Waals surface area contributed by atoms with Crippen molar-refractivity contribution in [3.63, 3.8) is 0 Å². The lowest BCUT2D eigenvalue weighted by Gasteiger charge is -2.10. The Morgan fingerprint density at radius 1 is 1.13 bits per heavy atom. The van der Waals surface area contributed by atoms with E-state index in [1.54, 1.807) is 40.7 Å². The molecule has 31 heavy (non-hydrogen) atoms. The van der Waals surface area contributed by atoms with Crippen molar-refractivity contribution < 1.29 is 9.18 Å². The van der Waals surface area contributed by atoms with Gasteiger partial charge in [0.1, 0.15) is 11.6 Å². The maximum absolute atomic E-state index is 14.6. The Kier molecular flexibility index (Phi) is 5.73. The molecule has 0 fully saturated rings. The molecular formula is C23H21BrFN5O. The summed E-state index contributed by atoms with van der Waals surface area (Å²) >= 11 is 3.42. The van der Waals surface area contributed by atoms with E-state index in [1.165, 1.54) is 6.07 Å². The van der Waals surface area contributed by atoms with Crippen LogP contribution in [0.15, 0.2) is 59.3 Å². The van der Waals surface area contributed by atoms with Crippen molar-refractivity contribution in [3.05, 3.63) is 93.5 Å². The van der Waals surface area contributed by atoms with E-state index in [4.69, 9.17) is 0 Å². The van der Waals surface area contributed by atoms with Crippen LogP contribution < -0.4 is 5.32 Å². The van der Waals surface area contributed by atoms with Crippen LogP contribution in [0.5, 0.6) is 0 Å². The molecule has 0 saturated heterocycles. The third-order valence-electron chi connectivity index (χ3n) is 5.14. The molecule has 1 N–H and O–H groups in total. The zero-order valence-electron chi connectivity index (χ0n) is 17.4. The summed E-state index contributed by atoms with van der Waals surface area (Å²) in [6.45, 7) is 5.69. The lowest BCUT2D eigenvalue weighted by molar-refractivity contribution is 0.0949. The minimum atomic E-state index is -0.372. The van der Waals surface area contributed by atoms with E-state index >= 15 is 0 Å².